The number of amides is 3. The van der Waals surface area contributed by atoms with Gasteiger partial charge in [-0.3, -0.25) is 4.79 Å². The van der Waals surface area contributed by atoms with Crippen LogP contribution >= 0.6 is 11.6 Å². The van der Waals surface area contributed by atoms with Crippen molar-refractivity contribution in [1.82, 2.24) is 10.2 Å². The molecule has 7 heteroatoms. The third kappa shape index (κ3) is 6.25. The summed E-state index contributed by atoms with van der Waals surface area (Å²) in [7, 11) is 0. The SMILES string of the molecule is O=C(CCN1CCC(NC(=O)Nc2ccccc2)CC1)Nc1ccccc1Cl. The van der Waals surface area contributed by atoms with Crippen LogP contribution in [0, 0.1) is 0 Å². The first-order chi connectivity index (χ1) is 13.6. The summed E-state index contributed by atoms with van der Waals surface area (Å²) in [6.07, 6.45) is 2.15. The summed E-state index contributed by atoms with van der Waals surface area (Å²) in [5.74, 6) is -0.0458. The van der Waals surface area contributed by atoms with Gasteiger partial charge in [-0.1, -0.05) is 41.9 Å². The highest BCUT2D eigenvalue weighted by molar-refractivity contribution is 6.33. The average molecular weight is 401 g/mol. The number of para-hydroxylation sites is 2. The molecule has 1 heterocycles. The lowest BCUT2D eigenvalue weighted by molar-refractivity contribution is -0.116. The van der Waals surface area contributed by atoms with E-state index >= 15 is 0 Å². The Hall–Kier alpha value is -2.57. The number of hydrogen-bond donors (Lipinski definition) is 3. The minimum absolute atomic E-state index is 0.0458. The number of carbonyl (C=O) groups is 2. The highest BCUT2D eigenvalue weighted by Crippen LogP contribution is 2.20. The molecule has 0 atom stereocenters. The van der Waals surface area contributed by atoms with Crippen molar-refractivity contribution in [3.63, 3.8) is 0 Å². The number of halogens is 1. The van der Waals surface area contributed by atoms with Crippen molar-refractivity contribution in [3.05, 3.63) is 59.6 Å². The van der Waals surface area contributed by atoms with E-state index in [-0.39, 0.29) is 18.0 Å². The Kier molecular flexibility index (Phi) is 7.28. The van der Waals surface area contributed by atoms with E-state index in [1.807, 2.05) is 42.5 Å². The van der Waals surface area contributed by atoms with Crippen molar-refractivity contribution in [1.29, 1.82) is 0 Å². The molecule has 0 aliphatic carbocycles. The molecular weight excluding hydrogens is 376 g/mol. The molecule has 1 aliphatic heterocycles. The highest BCUT2D eigenvalue weighted by atomic mass is 35.5. The molecule has 3 amide bonds. The number of benzene rings is 2. The minimum Gasteiger partial charge on any atom is -0.335 e. The number of anilines is 2. The van der Waals surface area contributed by atoms with E-state index in [4.69, 9.17) is 11.6 Å². The molecule has 1 saturated heterocycles. The maximum atomic E-state index is 12.1. The zero-order valence-electron chi connectivity index (χ0n) is 15.7. The van der Waals surface area contributed by atoms with Crippen LogP contribution in [-0.4, -0.2) is 42.5 Å². The summed E-state index contributed by atoms with van der Waals surface area (Å²) in [5.41, 5.74) is 1.42. The molecule has 2 aromatic carbocycles. The molecule has 0 radical (unpaired) electrons. The second kappa shape index (κ2) is 10.1. The second-order valence-corrected chi connectivity index (χ2v) is 7.27. The lowest BCUT2D eigenvalue weighted by atomic mass is 10.1. The van der Waals surface area contributed by atoms with Crippen molar-refractivity contribution in [2.45, 2.75) is 25.3 Å². The van der Waals surface area contributed by atoms with Crippen molar-refractivity contribution in [3.8, 4) is 0 Å². The molecule has 0 saturated carbocycles. The Labute approximate surface area is 170 Å². The summed E-state index contributed by atoms with van der Waals surface area (Å²) in [6, 6.07) is 16.6. The lowest BCUT2D eigenvalue weighted by Gasteiger charge is -2.32. The van der Waals surface area contributed by atoms with E-state index in [1.54, 1.807) is 12.1 Å². The van der Waals surface area contributed by atoms with Crippen molar-refractivity contribution in [2.75, 3.05) is 30.3 Å². The number of rotatable bonds is 6. The topological polar surface area (TPSA) is 73.5 Å². The summed E-state index contributed by atoms with van der Waals surface area (Å²) in [5, 5.41) is 9.25. The Bertz CT molecular complexity index is 792. The fraction of sp³-hybridized carbons (Fsp3) is 0.333. The molecule has 0 spiro atoms. The number of nitrogens with one attached hydrogen (secondary N) is 3. The molecule has 0 unspecified atom stereocenters. The van der Waals surface area contributed by atoms with Gasteiger partial charge in [0.25, 0.3) is 0 Å². The number of likely N-dealkylation sites (tertiary alicyclic amines) is 1. The van der Waals surface area contributed by atoms with Crippen LogP contribution in [0.3, 0.4) is 0 Å². The maximum absolute atomic E-state index is 12.1. The molecular formula is C21H25ClN4O2. The second-order valence-electron chi connectivity index (χ2n) is 6.86. The zero-order valence-corrected chi connectivity index (χ0v) is 16.4. The Morgan fingerprint density at radius 1 is 0.964 bits per heavy atom. The Morgan fingerprint density at radius 3 is 2.36 bits per heavy atom. The van der Waals surface area contributed by atoms with Gasteiger partial charge in [0.15, 0.2) is 0 Å². The predicted molar refractivity (Wildman–Crippen MR) is 113 cm³/mol. The molecule has 1 aliphatic rings. The fourth-order valence-corrected chi connectivity index (χ4v) is 3.39. The monoisotopic (exact) mass is 400 g/mol. The van der Waals surface area contributed by atoms with Crippen LogP contribution in [-0.2, 0) is 4.79 Å². The largest absolute Gasteiger partial charge is 0.335 e. The van der Waals surface area contributed by atoms with Gasteiger partial charge in [0.1, 0.15) is 0 Å². The normalized spacial score (nSPS) is 15.0. The Balaban J connectivity index is 1.34. The first-order valence-electron chi connectivity index (χ1n) is 9.49. The molecule has 0 aromatic heterocycles. The summed E-state index contributed by atoms with van der Waals surface area (Å²) < 4.78 is 0. The number of nitrogens with zero attached hydrogens (tertiary/aromatic N) is 1. The summed E-state index contributed by atoms with van der Waals surface area (Å²) >= 11 is 6.06. The molecule has 3 rings (SSSR count). The van der Waals surface area contributed by atoms with E-state index < -0.39 is 0 Å². The van der Waals surface area contributed by atoms with E-state index in [0.29, 0.717) is 23.7 Å². The number of urea groups is 1. The molecule has 3 N–H and O–H groups in total. The summed E-state index contributed by atoms with van der Waals surface area (Å²) in [4.78, 5) is 26.5. The van der Waals surface area contributed by atoms with E-state index in [2.05, 4.69) is 20.9 Å². The molecule has 2 aromatic rings. The molecule has 28 heavy (non-hydrogen) atoms. The van der Waals surface area contributed by atoms with Gasteiger partial charge in [0, 0.05) is 37.8 Å². The highest BCUT2D eigenvalue weighted by Gasteiger charge is 2.21. The fourth-order valence-electron chi connectivity index (χ4n) is 3.21. The minimum atomic E-state index is -0.177. The first kappa shape index (κ1) is 20.2. The lowest BCUT2D eigenvalue weighted by Crippen LogP contribution is -2.46. The molecule has 148 valence electrons. The van der Waals surface area contributed by atoms with Crippen LogP contribution in [0.25, 0.3) is 0 Å². The molecule has 0 bridgehead atoms. The predicted octanol–water partition coefficient (Wildman–Crippen LogP) is 3.95. The van der Waals surface area contributed by atoms with Crippen LogP contribution in [0.5, 0.6) is 0 Å². The van der Waals surface area contributed by atoms with Gasteiger partial charge in [-0.05, 0) is 37.1 Å². The maximum Gasteiger partial charge on any atom is 0.319 e. The first-order valence-corrected chi connectivity index (χ1v) is 9.87. The number of piperidine rings is 1. The van der Waals surface area contributed by atoms with Gasteiger partial charge < -0.3 is 20.9 Å². The molecule has 6 nitrogen and oxygen atoms in total. The van der Waals surface area contributed by atoms with Crippen molar-refractivity contribution >= 4 is 34.9 Å². The zero-order chi connectivity index (χ0) is 19.8. The summed E-state index contributed by atoms with van der Waals surface area (Å²) in [6.45, 7) is 2.41. The smallest absolute Gasteiger partial charge is 0.319 e. The van der Waals surface area contributed by atoms with Crippen LogP contribution in [0.4, 0.5) is 16.2 Å². The standard InChI is InChI=1S/C21H25ClN4O2/c22-18-8-4-5-9-19(18)25-20(27)12-15-26-13-10-17(11-14-26)24-21(28)23-16-6-2-1-3-7-16/h1-9,17H,10-15H2,(H,25,27)(H2,23,24,28). The number of carbonyl (C=O) groups excluding carboxylic acids is 2. The quantitative estimate of drug-likeness (QED) is 0.687. The third-order valence-electron chi connectivity index (χ3n) is 4.76. The molecule has 1 fully saturated rings. The van der Waals surface area contributed by atoms with Gasteiger partial charge in [0.05, 0.1) is 10.7 Å². The van der Waals surface area contributed by atoms with E-state index in [9.17, 15) is 9.59 Å². The van der Waals surface area contributed by atoms with Gasteiger partial charge >= 0.3 is 6.03 Å². The van der Waals surface area contributed by atoms with E-state index in [1.165, 1.54) is 0 Å². The van der Waals surface area contributed by atoms with Gasteiger partial charge in [-0.25, -0.2) is 4.79 Å². The van der Waals surface area contributed by atoms with Gasteiger partial charge in [-0.2, -0.15) is 0 Å². The van der Waals surface area contributed by atoms with Crippen LogP contribution in [0.2, 0.25) is 5.02 Å². The van der Waals surface area contributed by atoms with Crippen LogP contribution in [0.15, 0.2) is 54.6 Å². The van der Waals surface area contributed by atoms with Crippen molar-refractivity contribution < 1.29 is 9.59 Å². The average Bonchev–Trinajstić information content (AvgIpc) is 2.70. The Morgan fingerprint density at radius 2 is 1.64 bits per heavy atom. The van der Waals surface area contributed by atoms with Crippen LogP contribution in [0.1, 0.15) is 19.3 Å². The van der Waals surface area contributed by atoms with E-state index in [0.717, 1.165) is 31.6 Å². The third-order valence-corrected chi connectivity index (χ3v) is 5.09. The van der Waals surface area contributed by atoms with Crippen molar-refractivity contribution in [2.24, 2.45) is 0 Å². The number of hydrogen-bond acceptors (Lipinski definition) is 3. The van der Waals surface area contributed by atoms with Gasteiger partial charge in [0.2, 0.25) is 5.91 Å². The van der Waals surface area contributed by atoms with Crippen LogP contribution < -0.4 is 16.0 Å². The van der Waals surface area contributed by atoms with Gasteiger partial charge in [-0.15, -0.1) is 0 Å².